The summed E-state index contributed by atoms with van der Waals surface area (Å²) in [6.07, 6.45) is 6.94. The van der Waals surface area contributed by atoms with Gasteiger partial charge in [-0.3, -0.25) is 9.59 Å². The van der Waals surface area contributed by atoms with Gasteiger partial charge in [0.25, 0.3) is 5.91 Å². The number of hydrogen-bond donors (Lipinski definition) is 1. The summed E-state index contributed by atoms with van der Waals surface area (Å²) >= 11 is 0. The Kier molecular flexibility index (Phi) is 8.72. The molecule has 6 nitrogen and oxygen atoms in total. The number of unbranched alkanes of at least 4 members (excludes halogenated alkanes) is 1. The van der Waals surface area contributed by atoms with Gasteiger partial charge in [-0.2, -0.15) is 0 Å². The number of nitrogens with zero attached hydrogens (tertiary/aromatic N) is 1. The fourth-order valence-corrected chi connectivity index (χ4v) is 3.61. The highest BCUT2D eigenvalue weighted by molar-refractivity contribution is 5.94. The van der Waals surface area contributed by atoms with E-state index in [0.717, 1.165) is 31.2 Å². The molecule has 3 rings (SSSR count). The van der Waals surface area contributed by atoms with Gasteiger partial charge in [-0.15, -0.1) is 0 Å². The van der Waals surface area contributed by atoms with Gasteiger partial charge in [-0.25, -0.2) is 0 Å². The maximum Gasteiger partial charge on any atom is 0.251 e. The maximum absolute atomic E-state index is 12.6. The number of carbonyl (C=O) groups excluding carboxylic acids is 2. The number of hydrogen-bond acceptors (Lipinski definition) is 4. The fourth-order valence-electron chi connectivity index (χ4n) is 3.61. The van der Waals surface area contributed by atoms with Crippen LogP contribution in [0, 0.1) is 0 Å². The molecule has 1 heterocycles. The molecule has 2 aromatic carbocycles. The first-order valence-electron chi connectivity index (χ1n) is 11.2. The largest absolute Gasteiger partial charge is 0.493 e. The smallest absolute Gasteiger partial charge is 0.251 e. The molecule has 1 N–H and O–H groups in total. The van der Waals surface area contributed by atoms with Crippen molar-refractivity contribution in [3.05, 3.63) is 65.7 Å². The number of ether oxygens (including phenoxy) is 2. The average molecular weight is 437 g/mol. The number of likely N-dealkylation sites (tertiary alicyclic amines) is 1. The summed E-state index contributed by atoms with van der Waals surface area (Å²) in [5.41, 5.74) is 1.54. The lowest BCUT2D eigenvalue weighted by atomic mass is 10.0. The summed E-state index contributed by atoms with van der Waals surface area (Å²) < 4.78 is 11.2. The molecule has 0 aromatic heterocycles. The molecule has 1 aliphatic heterocycles. The first kappa shape index (κ1) is 23.4. The van der Waals surface area contributed by atoms with E-state index in [0.29, 0.717) is 36.8 Å². The Bertz CT molecular complexity index is 919. The molecule has 1 saturated heterocycles. The lowest BCUT2D eigenvalue weighted by molar-refractivity contribution is -0.126. The van der Waals surface area contributed by atoms with Crippen LogP contribution in [-0.4, -0.2) is 49.6 Å². The van der Waals surface area contributed by atoms with Crippen molar-refractivity contribution in [2.75, 3.05) is 26.8 Å². The van der Waals surface area contributed by atoms with E-state index >= 15 is 0 Å². The molecule has 0 saturated carbocycles. The minimum atomic E-state index is -0.0636. The van der Waals surface area contributed by atoms with Crippen LogP contribution in [0.25, 0.3) is 6.08 Å². The van der Waals surface area contributed by atoms with Crippen molar-refractivity contribution in [3.8, 4) is 11.5 Å². The normalized spacial score (nSPS) is 14.4. The number of nitrogens with one attached hydrogen (secondary N) is 1. The molecule has 0 aliphatic carbocycles. The minimum absolute atomic E-state index is 0.0277. The Morgan fingerprint density at radius 1 is 1.09 bits per heavy atom. The Morgan fingerprint density at radius 2 is 1.84 bits per heavy atom. The molecule has 32 heavy (non-hydrogen) atoms. The van der Waals surface area contributed by atoms with Gasteiger partial charge < -0.3 is 19.7 Å². The Balaban J connectivity index is 1.49. The number of amides is 2. The van der Waals surface area contributed by atoms with E-state index in [2.05, 4.69) is 12.2 Å². The van der Waals surface area contributed by atoms with Crippen molar-refractivity contribution in [1.82, 2.24) is 10.2 Å². The van der Waals surface area contributed by atoms with Gasteiger partial charge in [-0.05, 0) is 55.2 Å². The molecule has 1 fully saturated rings. The lowest BCUT2D eigenvalue weighted by Gasteiger charge is -2.31. The number of rotatable bonds is 9. The molecule has 0 unspecified atom stereocenters. The van der Waals surface area contributed by atoms with Gasteiger partial charge in [0.05, 0.1) is 13.7 Å². The van der Waals surface area contributed by atoms with E-state index in [1.807, 2.05) is 41.3 Å². The Labute approximate surface area is 190 Å². The second-order valence-corrected chi connectivity index (χ2v) is 7.88. The Hall–Kier alpha value is -3.28. The molecule has 0 radical (unpaired) electrons. The number of carbonyl (C=O) groups is 2. The zero-order valence-electron chi connectivity index (χ0n) is 18.9. The molecule has 0 bridgehead atoms. The van der Waals surface area contributed by atoms with Crippen LogP contribution in [0.5, 0.6) is 11.5 Å². The van der Waals surface area contributed by atoms with E-state index < -0.39 is 0 Å². The molecule has 170 valence electrons. The number of benzene rings is 2. The van der Waals surface area contributed by atoms with Crippen molar-refractivity contribution in [3.63, 3.8) is 0 Å². The number of methoxy groups -OCH3 is 1. The van der Waals surface area contributed by atoms with E-state index in [4.69, 9.17) is 9.47 Å². The predicted octanol–water partition coefficient (Wildman–Crippen LogP) is 4.31. The van der Waals surface area contributed by atoms with Crippen molar-refractivity contribution in [1.29, 1.82) is 0 Å². The zero-order valence-corrected chi connectivity index (χ0v) is 18.9. The SMILES string of the molecule is CCCCOc1ccc(/C=C/C(=O)N2CCC(NC(=O)c3ccccc3)CC2)cc1OC. The highest BCUT2D eigenvalue weighted by atomic mass is 16.5. The summed E-state index contributed by atoms with van der Waals surface area (Å²) in [6, 6.07) is 14.9. The van der Waals surface area contributed by atoms with Crippen molar-refractivity contribution < 1.29 is 19.1 Å². The molecule has 2 aromatic rings. The summed E-state index contributed by atoms with van der Waals surface area (Å²) in [5.74, 6) is 1.28. The van der Waals surface area contributed by atoms with E-state index in [1.165, 1.54) is 0 Å². The maximum atomic E-state index is 12.6. The summed E-state index contributed by atoms with van der Waals surface area (Å²) in [4.78, 5) is 26.7. The van der Waals surface area contributed by atoms with Crippen LogP contribution in [0.4, 0.5) is 0 Å². The van der Waals surface area contributed by atoms with Gasteiger partial charge in [0.1, 0.15) is 0 Å². The third-order valence-electron chi connectivity index (χ3n) is 5.54. The van der Waals surface area contributed by atoms with Crippen LogP contribution in [-0.2, 0) is 4.79 Å². The highest BCUT2D eigenvalue weighted by Gasteiger charge is 2.23. The molecule has 1 aliphatic rings. The standard InChI is InChI=1S/C26H32N2O4/c1-3-4-18-32-23-12-10-20(19-24(23)31-2)11-13-25(29)28-16-14-22(15-17-28)27-26(30)21-8-6-5-7-9-21/h5-13,19,22H,3-4,14-18H2,1-2H3,(H,27,30)/b13-11+. The third kappa shape index (κ3) is 6.61. The molecule has 0 atom stereocenters. The first-order valence-corrected chi connectivity index (χ1v) is 11.2. The van der Waals surface area contributed by atoms with Crippen LogP contribution in [0.15, 0.2) is 54.6 Å². The van der Waals surface area contributed by atoms with Crippen molar-refractivity contribution in [2.45, 2.75) is 38.6 Å². The van der Waals surface area contributed by atoms with Crippen molar-refractivity contribution in [2.24, 2.45) is 0 Å². The molecule has 0 spiro atoms. The third-order valence-corrected chi connectivity index (χ3v) is 5.54. The average Bonchev–Trinajstić information content (AvgIpc) is 2.84. The lowest BCUT2D eigenvalue weighted by Crippen LogP contribution is -2.46. The van der Waals surface area contributed by atoms with Crippen LogP contribution in [0.1, 0.15) is 48.5 Å². The second kappa shape index (κ2) is 11.9. The van der Waals surface area contributed by atoms with E-state index in [1.54, 1.807) is 31.4 Å². The predicted molar refractivity (Wildman–Crippen MR) is 126 cm³/mol. The van der Waals surface area contributed by atoms with Crippen LogP contribution in [0.3, 0.4) is 0 Å². The number of piperidine rings is 1. The van der Waals surface area contributed by atoms with E-state index in [9.17, 15) is 9.59 Å². The Morgan fingerprint density at radius 3 is 2.53 bits per heavy atom. The van der Waals surface area contributed by atoms with Gasteiger partial charge in [0.15, 0.2) is 11.5 Å². The van der Waals surface area contributed by atoms with Gasteiger partial charge in [0, 0.05) is 30.8 Å². The summed E-state index contributed by atoms with van der Waals surface area (Å²) in [6.45, 7) is 4.02. The molecular formula is C26H32N2O4. The zero-order chi connectivity index (χ0) is 22.8. The van der Waals surface area contributed by atoms with E-state index in [-0.39, 0.29) is 17.9 Å². The van der Waals surface area contributed by atoms with Crippen LogP contribution < -0.4 is 14.8 Å². The highest BCUT2D eigenvalue weighted by Crippen LogP contribution is 2.28. The first-order chi connectivity index (χ1) is 15.6. The topological polar surface area (TPSA) is 67.9 Å². The molecule has 6 heteroatoms. The van der Waals surface area contributed by atoms with Gasteiger partial charge in [0.2, 0.25) is 5.91 Å². The van der Waals surface area contributed by atoms with Crippen LogP contribution >= 0.6 is 0 Å². The molecule has 2 amide bonds. The van der Waals surface area contributed by atoms with Crippen molar-refractivity contribution >= 4 is 17.9 Å². The second-order valence-electron chi connectivity index (χ2n) is 7.88. The quantitative estimate of drug-likeness (QED) is 0.470. The minimum Gasteiger partial charge on any atom is -0.493 e. The monoisotopic (exact) mass is 436 g/mol. The van der Waals surface area contributed by atoms with Gasteiger partial charge >= 0.3 is 0 Å². The summed E-state index contributed by atoms with van der Waals surface area (Å²) in [5, 5.41) is 3.07. The van der Waals surface area contributed by atoms with Gasteiger partial charge in [-0.1, -0.05) is 37.6 Å². The summed E-state index contributed by atoms with van der Waals surface area (Å²) in [7, 11) is 1.61. The van der Waals surface area contributed by atoms with Crippen LogP contribution in [0.2, 0.25) is 0 Å². The molecular weight excluding hydrogens is 404 g/mol. The fraction of sp³-hybridized carbons (Fsp3) is 0.385.